The highest BCUT2D eigenvalue weighted by Crippen LogP contribution is 2.19. The Hall–Kier alpha value is -3.80. The summed E-state index contributed by atoms with van der Waals surface area (Å²) in [4.78, 5) is 26.9. The summed E-state index contributed by atoms with van der Waals surface area (Å²) in [5.41, 5.74) is 4.04. The van der Waals surface area contributed by atoms with Gasteiger partial charge in [0.15, 0.2) is 6.10 Å². The highest BCUT2D eigenvalue weighted by molar-refractivity contribution is 5.89. The van der Waals surface area contributed by atoms with Crippen LogP contribution in [0.3, 0.4) is 0 Å². The fourth-order valence-corrected chi connectivity index (χ4v) is 4.54. The van der Waals surface area contributed by atoms with E-state index in [4.69, 9.17) is 4.74 Å². The molecule has 0 aliphatic heterocycles. The highest BCUT2D eigenvalue weighted by atomic mass is 16.5. The van der Waals surface area contributed by atoms with Crippen molar-refractivity contribution >= 4 is 17.7 Å². The lowest BCUT2D eigenvalue weighted by molar-refractivity contribution is -0.145. The van der Waals surface area contributed by atoms with Crippen LogP contribution in [0.4, 0.5) is 10.5 Å². The second kappa shape index (κ2) is 16.3. The maximum Gasteiger partial charge on any atom is 0.345 e. The molecular weight excluding hydrogens is 500 g/mol. The number of carboxylic acids is 1. The van der Waals surface area contributed by atoms with Gasteiger partial charge in [-0.25, -0.2) is 9.59 Å². The molecule has 2 N–H and O–H groups in total. The second-order valence-corrected chi connectivity index (χ2v) is 10.6. The third kappa shape index (κ3) is 10.4. The van der Waals surface area contributed by atoms with Gasteiger partial charge in [-0.05, 0) is 59.7 Å². The summed E-state index contributed by atoms with van der Waals surface area (Å²) in [5.74, 6) is -0.00928. The third-order valence-electron chi connectivity index (χ3n) is 7.06. The van der Waals surface area contributed by atoms with E-state index in [0.717, 1.165) is 42.6 Å². The molecule has 2 amide bonds. The van der Waals surface area contributed by atoms with Gasteiger partial charge in [-0.15, -0.1) is 0 Å². The molecule has 0 saturated carbocycles. The Labute approximate surface area is 239 Å². The topological polar surface area (TPSA) is 78.9 Å². The maximum atomic E-state index is 13.2. The maximum absolute atomic E-state index is 13.2. The number of anilines is 1. The number of benzene rings is 3. The number of nitrogens with zero attached hydrogens (tertiary/aromatic N) is 1. The number of aliphatic carboxylic acids is 1. The van der Waals surface area contributed by atoms with Crippen molar-refractivity contribution in [3.63, 3.8) is 0 Å². The van der Waals surface area contributed by atoms with E-state index in [1.807, 2.05) is 59.5 Å². The molecule has 214 valence electrons. The summed E-state index contributed by atoms with van der Waals surface area (Å²) < 4.78 is 5.69. The van der Waals surface area contributed by atoms with Crippen LogP contribution in [-0.2, 0) is 17.6 Å². The minimum Gasteiger partial charge on any atom is -0.478 e. The molecule has 6 nitrogen and oxygen atoms in total. The number of carbonyl (C=O) groups is 2. The van der Waals surface area contributed by atoms with E-state index >= 15 is 0 Å². The largest absolute Gasteiger partial charge is 0.478 e. The number of hydrogen-bond acceptors (Lipinski definition) is 3. The summed E-state index contributed by atoms with van der Waals surface area (Å²) in [6.07, 6.45) is 5.73. The second-order valence-electron chi connectivity index (χ2n) is 10.6. The van der Waals surface area contributed by atoms with Crippen LogP contribution in [0.2, 0.25) is 0 Å². The fraction of sp³-hybridized carbons (Fsp3) is 0.412. The van der Waals surface area contributed by atoms with Gasteiger partial charge in [-0.1, -0.05) is 101 Å². The van der Waals surface area contributed by atoms with Crippen molar-refractivity contribution in [1.82, 2.24) is 4.90 Å². The molecule has 0 aliphatic rings. The number of urea groups is 1. The number of carboxylic acid groups (broad SMARTS) is 1. The van der Waals surface area contributed by atoms with Gasteiger partial charge in [-0.2, -0.15) is 0 Å². The molecule has 3 aromatic rings. The van der Waals surface area contributed by atoms with E-state index in [0.29, 0.717) is 18.2 Å². The number of carbonyl (C=O) groups excluding carboxylic acids is 1. The monoisotopic (exact) mass is 544 g/mol. The smallest absolute Gasteiger partial charge is 0.345 e. The summed E-state index contributed by atoms with van der Waals surface area (Å²) in [5, 5.41) is 12.7. The van der Waals surface area contributed by atoms with Crippen molar-refractivity contribution in [3.8, 4) is 5.75 Å². The first-order valence-electron chi connectivity index (χ1n) is 14.5. The standard InChI is InChI=1S/C34H44N2O4/c1-4-5-6-7-11-23-36(34(39)35-30-20-18-29(19-21-30)26(2)3)24-22-27-14-16-28(17-15-27)25-32(33(37)38)40-31-12-9-8-10-13-31/h8-10,12-21,26,32H,4-7,11,22-25H2,1-3H3,(H,35,39)(H,37,38)/t32-/m0/s1. The molecule has 0 fully saturated rings. The van der Waals surface area contributed by atoms with Crippen molar-refractivity contribution in [2.45, 2.75) is 77.7 Å². The molecule has 3 aromatic carbocycles. The fourth-order valence-electron chi connectivity index (χ4n) is 4.54. The Kier molecular flexibility index (Phi) is 12.6. The average molecular weight is 545 g/mol. The number of hydrogen-bond donors (Lipinski definition) is 2. The van der Waals surface area contributed by atoms with Crippen LogP contribution >= 0.6 is 0 Å². The summed E-state index contributed by atoms with van der Waals surface area (Å²) in [6, 6.07) is 24.9. The molecule has 0 heterocycles. The van der Waals surface area contributed by atoms with Crippen molar-refractivity contribution in [3.05, 3.63) is 95.6 Å². The summed E-state index contributed by atoms with van der Waals surface area (Å²) in [6.45, 7) is 7.84. The number of ether oxygens (including phenoxy) is 1. The lowest BCUT2D eigenvalue weighted by atomic mass is 10.0. The van der Waals surface area contributed by atoms with Crippen molar-refractivity contribution in [1.29, 1.82) is 0 Å². The Morgan fingerprint density at radius 3 is 2.10 bits per heavy atom. The Bertz CT molecular complexity index is 1160. The van der Waals surface area contributed by atoms with Gasteiger partial charge in [0.2, 0.25) is 0 Å². The van der Waals surface area contributed by atoms with Gasteiger partial charge in [0.05, 0.1) is 0 Å². The molecule has 6 heteroatoms. The van der Waals surface area contributed by atoms with Crippen LogP contribution in [0.5, 0.6) is 5.75 Å². The molecular formula is C34H44N2O4. The highest BCUT2D eigenvalue weighted by Gasteiger charge is 2.20. The zero-order valence-electron chi connectivity index (χ0n) is 24.1. The van der Waals surface area contributed by atoms with Gasteiger partial charge in [0.25, 0.3) is 0 Å². The van der Waals surface area contributed by atoms with E-state index in [-0.39, 0.29) is 12.5 Å². The summed E-state index contributed by atoms with van der Waals surface area (Å²) in [7, 11) is 0. The SMILES string of the molecule is CCCCCCCN(CCc1ccc(C[C@H](Oc2ccccc2)C(=O)O)cc1)C(=O)Nc1ccc(C(C)C)cc1. The number of rotatable bonds is 16. The van der Waals surface area contributed by atoms with E-state index < -0.39 is 12.1 Å². The van der Waals surface area contributed by atoms with E-state index in [9.17, 15) is 14.7 Å². The number of amides is 2. The van der Waals surface area contributed by atoms with Crippen LogP contribution in [0, 0.1) is 0 Å². The van der Waals surface area contributed by atoms with Gasteiger partial charge in [-0.3, -0.25) is 0 Å². The van der Waals surface area contributed by atoms with E-state index in [1.165, 1.54) is 24.8 Å². The Balaban J connectivity index is 1.58. The van der Waals surface area contributed by atoms with E-state index in [2.05, 4.69) is 38.2 Å². The zero-order chi connectivity index (χ0) is 28.7. The molecule has 0 radical (unpaired) electrons. The molecule has 0 aromatic heterocycles. The van der Waals surface area contributed by atoms with E-state index in [1.54, 1.807) is 12.1 Å². The number of para-hydroxylation sites is 1. The Morgan fingerprint density at radius 2 is 1.48 bits per heavy atom. The predicted molar refractivity (Wildman–Crippen MR) is 162 cm³/mol. The average Bonchev–Trinajstić information content (AvgIpc) is 2.95. The quantitative estimate of drug-likeness (QED) is 0.180. The molecule has 0 bridgehead atoms. The van der Waals surface area contributed by atoms with Crippen LogP contribution in [0.25, 0.3) is 0 Å². The Morgan fingerprint density at radius 1 is 0.825 bits per heavy atom. The number of unbranched alkanes of at least 4 members (excludes halogenated alkanes) is 4. The molecule has 1 atom stereocenters. The molecule has 0 unspecified atom stereocenters. The van der Waals surface area contributed by atoms with Crippen LogP contribution in [0.1, 0.15) is 75.5 Å². The first kappa shape index (κ1) is 30.7. The van der Waals surface area contributed by atoms with Gasteiger partial charge in [0.1, 0.15) is 5.75 Å². The summed E-state index contributed by atoms with van der Waals surface area (Å²) >= 11 is 0. The predicted octanol–water partition coefficient (Wildman–Crippen LogP) is 7.93. The van der Waals surface area contributed by atoms with Crippen molar-refractivity contribution in [2.24, 2.45) is 0 Å². The molecule has 3 rings (SSSR count). The molecule has 0 spiro atoms. The lowest BCUT2D eigenvalue weighted by Crippen LogP contribution is -2.37. The molecule has 0 aliphatic carbocycles. The normalized spacial score (nSPS) is 11.7. The minimum atomic E-state index is -0.993. The first-order chi connectivity index (χ1) is 19.4. The lowest BCUT2D eigenvalue weighted by Gasteiger charge is -2.23. The van der Waals surface area contributed by atoms with Gasteiger partial charge >= 0.3 is 12.0 Å². The van der Waals surface area contributed by atoms with Crippen LogP contribution < -0.4 is 10.1 Å². The van der Waals surface area contributed by atoms with Gasteiger partial charge < -0.3 is 20.1 Å². The van der Waals surface area contributed by atoms with Gasteiger partial charge in [0, 0.05) is 25.2 Å². The third-order valence-corrected chi connectivity index (χ3v) is 7.06. The van der Waals surface area contributed by atoms with Crippen molar-refractivity contribution < 1.29 is 19.4 Å². The zero-order valence-corrected chi connectivity index (χ0v) is 24.1. The molecule has 40 heavy (non-hydrogen) atoms. The first-order valence-corrected chi connectivity index (χ1v) is 14.5. The number of nitrogens with one attached hydrogen (secondary N) is 1. The van der Waals surface area contributed by atoms with Crippen molar-refractivity contribution in [2.75, 3.05) is 18.4 Å². The minimum absolute atomic E-state index is 0.0771. The van der Waals surface area contributed by atoms with Crippen LogP contribution in [0.15, 0.2) is 78.9 Å². The van der Waals surface area contributed by atoms with Crippen LogP contribution in [-0.4, -0.2) is 41.2 Å². The molecule has 0 saturated heterocycles.